The fraction of sp³-hybridized carbons (Fsp3) is 0.550. The highest BCUT2D eigenvalue weighted by molar-refractivity contribution is 5.91. The first-order valence-electron chi connectivity index (χ1n) is 9.16. The summed E-state index contributed by atoms with van der Waals surface area (Å²) < 4.78 is 5.24. The number of carbonyl (C=O) groups is 3. The number of hydrogen-bond donors (Lipinski definition) is 3. The van der Waals surface area contributed by atoms with E-state index in [1.165, 1.54) is 0 Å². The summed E-state index contributed by atoms with van der Waals surface area (Å²) in [5.41, 5.74) is 5.66. The summed E-state index contributed by atoms with van der Waals surface area (Å²) in [5, 5.41) is 5.27. The lowest BCUT2D eigenvalue weighted by atomic mass is 9.97. The van der Waals surface area contributed by atoms with Crippen LogP contribution in [0.2, 0.25) is 0 Å². The standard InChI is InChI=1S/C20H31N3O4/c1-6-13(2)16(23-19(26)27-20(3,4)5)18(25)22-15(17(21)24)12-14-10-8-7-9-11-14/h7-11,13,15-16H,6,12H2,1-5H3,(H2,21,24)(H,22,25)(H,23,26)/t13-,15-,16-/m0/s1. The molecule has 1 aromatic carbocycles. The molecule has 0 saturated carbocycles. The van der Waals surface area contributed by atoms with Crippen LogP contribution in [0.5, 0.6) is 0 Å². The molecule has 0 spiro atoms. The van der Waals surface area contributed by atoms with E-state index in [0.29, 0.717) is 6.42 Å². The van der Waals surface area contributed by atoms with Crippen molar-refractivity contribution in [2.75, 3.05) is 0 Å². The largest absolute Gasteiger partial charge is 0.444 e. The van der Waals surface area contributed by atoms with Gasteiger partial charge in [-0.1, -0.05) is 50.6 Å². The van der Waals surface area contributed by atoms with Crippen molar-refractivity contribution in [1.29, 1.82) is 0 Å². The van der Waals surface area contributed by atoms with Gasteiger partial charge >= 0.3 is 6.09 Å². The normalized spacial score (nSPS) is 14.6. The molecule has 0 heterocycles. The fourth-order valence-electron chi connectivity index (χ4n) is 2.47. The third-order valence-corrected chi connectivity index (χ3v) is 4.11. The Kier molecular flexibility index (Phi) is 8.28. The number of hydrogen-bond acceptors (Lipinski definition) is 4. The summed E-state index contributed by atoms with van der Waals surface area (Å²) in [5.74, 6) is -1.25. The molecule has 27 heavy (non-hydrogen) atoms. The molecule has 7 nitrogen and oxygen atoms in total. The third kappa shape index (κ3) is 8.11. The van der Waals surface area contributed by atoms with Gasteiger partial charge in [-0.25, -0.2) is 4.79 Å². The van der Waals surface area contributed by atoms with Gasteiger partial charge in [-0.05, 0) is 32.3 Å². The van der Waals surface area contributed by atoms with Crippen molar-refractivity contribution in [1.82, 2.24) is 10.6 Å². The van der Waals surface area contributed by atoms with E-state index >= 15 is 0 Å². The molecular formula is C20H31N3O4. The molecule has 0 aliphatic carbocycles. The van der Waals surface area contributed by atoms with Crippen LogP contribution in [-0.4, -0.2) is 35.6 Å². The first kappa shape index (κ1) is 22.5. The van der Waals surface area contributed by atoms with Gasteiger partial charge in [-0.15, -0.1) is 0 Å². The second kappa shape index (κ2) is 9.94. The predicted octanol–water partition coefficient (Wildman–Crippen LogP) is 2.14. The van der Waals surface area contributed by atoms with E-state index in [4.69, 9.17) is 10.5 Å². The number of amides is 3. The maximum Gasteiger partial charge on any atom is 0.408 e. The molecule has 0 unspecified atom stereocenters. The first-order chi connectivity index (χ1) is 12.5. The first-order valence-corrected chi connectivity index (χ1v) is 9.16. The van der Waals surface area contributed by atoms with Gasteiger partial charge < -0.3 is 21.1 Å². The van der Waals surface area contributed by atoms with Crippen LogP contribution in [-0.2, 0) is 20.7 Å². The van der Waals surface area contributed by atoms with Crippen molar-refractivity contribution >= 4 is 17.9 Å². The minimum absolute atomic E-state index is 0.150. The van der Waals surface area contributed by atoms with E-state index in [1.807, 2.05) is 44.2 Å². The number of alkyl carbamates (subject to hydrolysis) is 1. The molecule has 150 valence electrons. The summed E-state index contributed by atoms with van der Waals surface area (Å²) in [4.78, 5) is 36.7. The minimum Gasteiger partial charge on any atom is -0.444 e. The molecule has 0 aliphatic rings. The van der Waals surface area contributed by atoms with E-state index in [1.54, 1.807) is 20.8 Å². The van der Waals surface area contributed by atoms with E-state index in [2.05, 4.69) is 10.6 Å². The highest BCUT2D eigenvalue weighted by Gasteiger charge is 2.30. The monoisotopic (exact) mass is 377 g/mol. The molecule has 0 fully saturated rings. The van der Waals surface area contributed by atoms with Crippen molar-refractivity contribution in [2.45, 2.75) is 65.1 Å². The lowest BCUT2D eigenvalue weighted by molar-refractivity contribution is -0.129. The Balaban J connectivity index is 2.86. The van der Waals surface area contributed by atoms with Gasteiger partial charge in [0.1, 0.15) is 17.7 Å². The number of benzene rings is 1. The Hall–Kier alpha value is -2.57. The fourth-order valence-corrected chi connectivity index (χ4v) is 2.47. The van der Waals surface area contributed by atoms with Gasteiger partial charge in [0.2, 0.25) is 11.8 Å². The van der Waals surface area contributed by atoms with Crippen LogP contribution < -0.4 is 16.4 Å². The van der Waals surface area contributed by atoms with Gasteiger partial charge in [0.25, 0.3) is 0 Å². The maximum atomic E-state index is 12.8. The molecule has 3 amide bonds. The zero-order valence-corrected chi connectivity index (χ0v) is 16.7. The number of nitrogens with two attached hydrogens (primary N) is 1. The number of nitrogens with one attached hydrogen (secondary N) is 2. The van der Waals surface area contributed by atoms with Crippen LogP contribution in [0.4, 0.5) is 4.79 Å². The maximum absolute atomic E-state index is 12.8. The minimum atomic E-state index is -0.869. The number of ether oxygens (including phenoxy) is 1. The molecule has 0 bridgehead atoms. The second-order valence-corrected chi connectivity index (χ2v) is 7.66. The smallest absolute Gasteiger partial charge is 0.408 e. The topological polar surface area (TPSA) is 111 Å². The van der Waals surface area contributed by atoms with Gasteiger partial charge in [-0.3, -0.25) is 9.59 Å². The lowest BCUT2D eigenvalue weighted by Gasteiger charge is -2.27. The van der Waals surface area contributed by atoms with E-state index in [9.17, 15) is 14.4 Å². The Morgan fingerprint density at radius 2 is 1.70 bits per heavy atom. The van der Waals surface area contributed by atoms with Crippen LogP contribution in [0.15, 0.2) is 30.3 Å². The predicted molar refractivity (Wildman–Crippen MR) is 104 cm³/mol. The summed E-state index contributed by atoms with van der Waals surface area (Å²) in [6.45, 7) is 8.99. The van der Waals surface area contributed by atoms with Crippen LogP contribution in [0, 0.1) is 5.92 Å². The molecule has 1 aromatic rings. The summed E-state index contributed by atoms with van der Waals surface area (Å²) in [6.07, 6.45) is 0.261. The molecule has 7 heteroatoms. The number of rotatable bonds is 8. The molecule has 0 aromatic heterocycles. The number of carbonyl (C=O) groups excluding carboxylic acids is 3. The zero-order valence-electron chi connectivity index (χ0n) is 16.7. The quantitative estimate of drug-likeness (QED) is 0.644. The molecule has 3 atom stereocenters. The Morgan fingerprint density at radius 3 is 2.19 bits per heavy atom. The van der Waals surface area contributed by atoms with Crippen molar-refractivity contribution < 1.29 is 19.1 Å². The molecule has 0 saturated heterocycles. The van der Waals surface area contributed by atoms with Gasteiger partial charge in [0.15, 0.2) is 0 Å². The molecule has 0 radical (unpaired) electrons. The van der Waals surface area contributed by atoms with Crippen molar-refractivity contribution in [3.63, 3.8) is 0 Å². The van der Waals surface area contributed by atoms with Gasteiger partial charge in [0.05, 0.1) is 0 Å². The van der Waals surface area contributed by atoms with Crippen molar-refractivity contribution in [3.05, 3.63) is 35.9 Å². The van der Waals surface area contributed by atoms with Crippen LogP contribution in [0.25, 0.3) is 0 Å². The third-order valence-electron chi connectivity index (χ3n) is 4.11. The Bertz CT molecular complexity index is 640. The molecule has 1 rings (SSSR count). The lowest BCUT2D eigenvalue weighted by Crippen LogP contribution is -2.56. The van der Waals surface area contributed by atoms with Crippen LogP contribution in [0.1, 0.15) is 46.6 Å². The highest BCUT2D eigenvalue weighted by Crippen LogP contribution is 2.12. The van der Waals surface area contributed by atoms with E-state index in [0.717, 1.165) is 5.56 Å². The average Bonchev–Trinajstić information content (AvgIpc) is 2.57. The van der Waals surface area contributed by atoms with E-state index < -0.39 is 35.6 Å². The van der Waals surface area contributed by atoms with Crippen molar-refractivity contribution in [3.8, 4) is 0 Å². The number of primary amides is 1. The second-order valence-electron chi connectivity index (χ2n) is 7.66. The molecule has 0 aliphatic heterocycles. The Labute approximate surface area is 161 Å². The van der Waals surface area contributed by atoms with Crippen LogP contribution in [0.3, 0.4) is 0 Å². The van der Waals surface area contributed by atoms with E-state index in [-0.39, 0.29) is 12.3 Å². The zero-order chi connectivity index (χ0) is 20.6. The summed E-state index contributed by atoms with van der Waals surface area (Å²) in [7, 11) is 0. The molecule has 4 N–H and O–H groups in total. The van der Waals surface area contributed by atoms with Crippen molar-refractivity contribution in [2.24, 2.45) is 11.7 Å². The van der Waals surface area contributed by atoms with Gasteiger partial charge in [0, 0.05) is 6.42 Å². The van der Waals surface area contributed by atoms with Gasteiger partial charge in [-0.2, -0.15) is 0 Å². The highest BCUT2D eigenvalue weighted by atomic mass is 16.6. The summed E-state index contributed by atoms with van der Waals surface area (Å²) >= 11 is 0. The Morgan fingerprint density at radius 1 is 1.11 bits per heavy atom. The van der Waals surface area contributed by atoms with Crippen LogP contribution >= 0.6 is 0 Å². The molecular weight excluding hydrogens is 346 g/mol. The average molecular weight is 377 g/mol. The SMILES string of the molecule is CC[C@H](C)[C@H](NC(=O)OC(C)(C)C)C(=O)N[C@@H](Cc1ccccc1)C(N)=O. The summed E-state index contributed by atoms with van der Waals surface area (Å²) in [6, 6.07) is 7.57.